The first-order valence-electron chi connectivity index (χ1n) is 18.8. The summed E-state index contributed by atoms with van der Waals surface area (Å²) in [5, 5.41) is 0. The summed E-state index contributed by atoms with van der Waals surface area (Å²) in [7, 11) is 1.78. The molecule has 266 valence electrons. The number of hydrogen-bond acceptors (Lipinski definition) is 10. The molecule has 0 N–H and O–H groups in total. The molecule has 0 amide bonds. The third kappa shape index (κ3) is 12.8. The maximum atomic E-state index is 13.1. The number of carbonyl (C=O) groups is 2. The Balaban J connectivity index is 1.03. The van der Waals surface area contributed by atoms with E-state index < -0.39 is 0 Å². The topological polar surface area (TPSA) is 72.0 Å². The molecule has 0 saturated carbocycles. The van der Waals surface area contributed by atoms with E-state index in [0.717, 1.165) is 117 Å². The minimum absolute atomic E-state index is 0.0183. The molecule has 4 aliphatic rings. The zero-order chi connectivity index (χ0) is 32.7. The van der Waals surface area contributed by atoms with E-state index in [9.17, 15) is 9.59 Å². The van der Waals surface area contributed by atoms with Crippen molar-refractivity contribution in [2.24, 2.45) is 17.8 Å². The summed E-state index contributed by atoms with van der Waals surface area (Å²) in [6.45, 7) is 26.0. The maximum absolute atomic E-state index is 13.1. The highest BCUT2D eigenvalue weighted by Gasteiger charge is 2.29. The smallest absolute Gasteiger partial charge is 0.149 e. The lowest BCUT2D eigenvalue weighted by molar-refractivity contribution is -0.126. The minimum atomic E-state index is 0.0183. The second kappa shape index (κ2) is 20.5. The molecule has 2 atom stereocenters. The van der Waals surface area contributed by atoms with E-state index in [1.165, 1.54) is 45.3 Å². The van der Waals surface area contributed by atoms with Gasteiger partial charge in [0.05, 0.1) is 26.3 Å². The molecule has 10 nitrogen and oxygen atoms in total. The highest BCUT2D eigenvalue weighted by atomic mass is 16.5. The number of ether oxygens (including phenoxy) is 2. The van der Waals surface area contributed by atoms with Crippen molar-refractivity contribution in [2.45, 2.75) is 65.3 Å². The number of piperidine rings is 2. The van der Waals surface area contributed by atoms with Crippen LogP contribution < -0.4 is 0 Å². The number of ketones is 2. The van der Waals surface area contributed by atoms with Crippen LogP contribution in [-0.2, 0) is 19.1 Å². The summed E-state index contributed by atoms with van der Waals surface area (Å²) in [6.07, 6.45) is 6.67. The largest absolute Gasteiger partial charge is 0.383 e. The average molecular weight is 649 g/mol. The van der Waals surface area contributed by atoms with Gasteiger partial charge in [0.1, 0.15) is 11.6 Å². The Bertz CT molecular complexity index is 863. The van der Waals surface area contributed by atoms with Gasteiger partial charge in [-0.05, 0) is 77.5 Å². The van der Waals surface area contributed by atoms with Crippen LogP contribution in [-0.4, -0.2) is 185 Å². The first-order chi connectivity index (χ1) is 22.3. The van der Waals surface area contributed by atoms with E-state index in [1.807, 2.05) is 0 Å². The Morgan fingerprint density at radius 2 is 1.11 bits per heavy atom. The van der Waals surface area contributed by atoms with Gasteiger partial charge in [0, 0.05) is 104 Å². The van der Waals surface area contributed by atoms with Gasteiger partial charge in [0.2, 0.25) is 0 Å². The average Bonchev–Trinajstić information content (AvgIpc) is 3.08. The van der Waals surface area contributed by atoms with Crippen LogP contribution >= 0.6 is 0 Å². The van der Waals surface area contributed by atoms with Crippen LogP contribution in [0, 0.1) is 17.8 Å². The van der Waals surface area contributed by atoms with Gasteiger partial charge >= 0.3 is 0 Å². The summed E-state index contributed by atoms with van der Waals surface area (Å²) < 4.78 is 10.8. The Morgan fingerprint density at radius 1 is 0.630 bits per heavy atom. The predicted molar refractivity (Wildman–Crippen MR) is 185 cm³/mol. The van der Waals surface area contributed by atoms with Crippen LogP contribution in [0.1, 0.15) is 59.3 Å². The van der Waals surface area contributed by atoms with Crippen molar-refractivity contribution in [1.82, 2.24) is 29.4 Å². The van der Waals surface area contributed by atoms with Gasteiger partial charge in [0.25, 0.3) is 0 Å². The Hall–Kier alpha value is -0.980. The predicted octanol–water partition coefficient (Wildman–Crippen LogP) is 2.27. The summed E-state index contributed by atoms with van der Waals surface area (Å²) in [6, 6.07) is 0.684. The van der Waals surface area contributed by atoms with Gasteiger partial charge in [-0.1, -0.05) is 13.8 Å². The van der Waals surface area contributed by atoms with Crippen LogP contribution in [0.4, 0.5) is 0 Å². The first-order valence-corrected chi connectivity index (χ1v) is 18.8. The highest BCUT2D eigenvalue weighted by Crippen LogP contribution is 2.21. The summed E-state index contributed by atoms with van der Waals surface area (Å²) in [5.74, 6) is 1.52. The summed E-state index contributed by atoms with van der Waals surface area (Å²) >= 11 is 0. The number of hydrogen-bond donors (Lipinski definition) is 0. The number of methoxy groups -OCH3 is 1. The quantitative estimate of drug-likeness (QED) is 0.195. The number of likely N-dealkylation sites (tertiary alicyclic amines) is 2. The molecule has 0 spiro atoms. The second-order valence-electron chi connectivity index (χ2n) is 14.7. The number of carbonyl (C=O) groups excluding carboxylic acids is 2. The highest BCUT2D eigenvalue weighted by molar-refractivity contribution is 5.84. The van der Waals surface area contributed by atoms with Crippen molar-refractivity contribution in [2.75, 3.05) is 138 Å². The van der Waals surface area contributed by atoms with Crippen molar-refractivity contribution in [3.63, 3.8) is 0 Å². The Labute approximate surface area is 281 Å². The van der Waals surface area contributed by atoms with Crippen molar-refractivity contribution in [3.05, 3.63) is 0 Å². The van der Waals surface area contributed by atoms with Crippen LogP contribution in [0.25, 0.3) is 0 Å². The molecule has 0 aliphatic carbocycles. The molecule has 0 aromatic rings. The first kappa shape index (κ1) is 37.8. The van der Waals surface area contributed by atoms with Crippen molar-refractivity contribution < 1.29 is 19.1 Å². The molecule has 0 radical (unpaired) electrons. The van der Waals surface area contributed by atoms with Gasteiger partial charge in [-0.3, -0.25) is 24.3 Å². The normalized spacial score (nSPS) is 24.3. The van der Waals surface area contributed by atoms with Crippen molar-refractivity contribution in [1.29, 1.82) is 0 Å². The molecule has 4 fully saturated rings. The van der Waals surface area contributed by atoms with Gasteiger partial charge in [-0.25, -0.2) is 0 Å². The number of nitrogens with zero attached hydrogens (tertiary/aromatic N) is 6. The number of Topliss-reactive ketones (excluding diaryl/α,β-unsaturated/α-hetero) is 2. The molecule has 46 heavy (non-hydrogen) atoms. The molecule has 0 bridgehead atoms. The van der Waals surface area contributed by atoms with Crippen LogP contribution in [0.3, 0.4) is 0 Å². The Kier molecular flexibility index (Phi) is 16.9. The van der Waals surface area contributed by atoms with E-state index in [4.69, 9.17) is 9.47 Å². The van der Waals surface area contributed by atoms with Gasteiger partial charge in [-0.2, -0.15) is 0 Å². The van der Waals surface area contributed by atoms with E-state index in [1.54, 1.807) is 7.11 Å². The molecule has 4 aliphatic heterocycles. The molecular formula is C36H68N6O4. The lowest BCUT2D eigenvalue weighted by Gasteiger charge is -2.42. The molecule has 2 unspecified atom stereocenters. The third-order valence-electron chi connectivity index (χ3n) is 11.4. The number of rotatable bonds is 19. The molecule has 4 rings (SSSR count). The van der Waals surface area contributed by atoms with Crippen molar-refractivity contribution in [3.8, 4) is 0 Å². The molecular weight excluding hydrogens is 580 g/mol. The summed E-state index contributed by atoms with van der Waals surface area (Å²) in [4.78, 5) is 41.2. The van der Waals surface area contributed by atoms with E-state index in [-0.39, 0.29) is 11.8 Å². The van der Waals surface area contributed by atoms with Gasteiger partial charge in [-0.15, -0.1) is 0 Å². The van der Waals surface area contributed by atoms with Gasteiger partial charge in [0.15, 0.2) is 0 Å². The van der Waals surface area contributed by atoms with Crippen LogP contribution in [0.5, 0.6) is 0 Å². The van der Waals surface area contributed by atoms with E-state index in [2.05, 4.69) is 50.2 Å². The van der Waals surface area contributed by atoms with Crippen LogP contribution in [0.15, 0.2) is 0 Å². The van der Waals surface area contributed by atoms with Gasteiger partial charge < -0.3 is 24.2 Å². The number of piperazine rings is 2. The monoisotopic (exact) mass is 649 g/mol. The second-order valence-corrected chi connectivity index (χ2v) is 14.7. The standard InChI is InChI=1S/C36H68N6O4/c1-5-46-27-25-37-12-8-33(9-13-37)28-39-16-18-40(19-17-39)29-35(43)31(2)6-7-32(3)36(44)30-41-20-22-42(23-21-41)34-10-14-38(15-11-34)24-26-45-4/h31-34H,5-30H2,1-4H3. The minimum Gasteiger partial charge on any atom is -0.383 e. The lowest BCUT2D eigenvalue weighted by Crippen LogP contribution is -2.54. The van der Waals surface area contributed by atoms with Crippen molar-refractivity contribution >= 4 is 11.6 Å². The maximum Gasteiger partial charge on any atom is 0.149 e. The molecule has 10 heteroatoms. The SMILES string of the molecule is CCOCCN1CCC(CN2CCN(CC(=O)C(C)CCC(C)C(=O)CN3CCN(C4CCN(CCOC)CC4)CC3)CC2)CC1. The summed E-state index contributed by atoms with van der Waals surface area (Å²) in [5.41, 5.74) is 0. The fourth-order valence-corrected chi connectivity index (χ4v) is 7.82. The fraction of sp³-hybridized carbons (Fsp3) is 0.944. The lowest BCUT2D eigenvalue weighted by atomic mass is 9.92. The Morgan fingerprint density at radius 3 is 1.63 bits per heavy atom. The van der Waals surface area contributed by atoms with E-state index in [0.29, 0.717) is 30.7 Å². The van der Waals surface area contributed by atoms with E-state index >= 15 is 0 Å². The molecule has 4 heterocycles. The fourth-order valence-electron chi connectivity index (χ4n) is 7.82. The molecule has 0 aromatic heterocycles. The van der Waals surface area contributed by atoms with Crippen LogP contribution in [0.2, 0.25) is 0 Å². The zero-order valence-corrected chi connectivity index (χ0v) is 30.0. The zero-order valence-electron chi connectivity index (χ0n) is 30.0. The molecule has 4 saturated heterocycles. The molecule has 0 aromatic carbocycles. The third-order valence-corrected chi connectivity index (χ3v) is 11.4.